The summed E-state index contributed by atoms with van der Waals surface area (Å²) in [7, 11) is 6.21. The second-order valence-electron chi connectivity index (χ2n) is 4.80. The third kappa shape index (κ3) is 4.55. The highest BCUT2D eigenvalue weighted by Crippen LogP contribution is 2.23. The minimum absolute atomic E-state index is 0.329. The number of hydrogen-bond donors (Lipinski definition) is 1. The lowest BCUT2D eigenvalue weighted by atomic mass is 10.3. The summed E-state index contributed by atoms with van der Waals surface area (Å²) in [5.41, 5.74) is 1.14. The first-order valence-electron chi connectivity index (χ1n) is 6.60. The Bertz CT molecular complexity index is 337. The molecule has 1 N–H and O–H groups in total. The summed E-state index contributed by atoms with van der Waals surface area (Å²) in [4.78, 5) is 9.31. The van der Waals surface area contributed by atoms with Crippen LogP contribution in [0.4, 0.5) is 5.13 Å². The number of nitrogens with zero attached hydrogens (tertiary/aromatic N) is 3. The van der Waals surface area contributed by atoms with Crippen LogP contribution in [0, 0.1) is 0 Å². The second kappa shape index (κ2) is 7.71. The van der Waals surface area contributed by atoms with E-state index in [1.165, 1.54) is 6.42 Å². The molecule has 1 rings (SSSR count). The molecule has 0 radical (unpaired) electrons. The van der Waals surface area contributed by atoms with Gasteiger partial charge in [0, 0.05) is 24.5 Å². The molecule has 1 heterocycles. The Morgan fingerprint density at radius 2 is 2.11 bits per heavy atom. The molecule has 1 aromatic heterocycles. The van der Waals surface area contributed by atoms with Gasteiger partial charge in [0.2, 0.25) is 0 Å². The molecule has 0 fully saturated rings. The van der Waals surface area contributed by atoms with Gasteiger partial charge >= 0.3 is 0 Å². The van der Waals surface area contributed by atoms with Crippen molar-refractivity contribution in [1.29, 1.82) is 0 Å². The third-order valence-electron chi connectivity index (χ3n) is 3.07. The highest BCUT2D eigenvalue weighted by molar-refractivity contribution is 7.13. The van der Waals surface area contributed by atoms with Crippen LogP contribution in [0.25, 0.3) is 0 Å². The number of rotatable bonds is 8. The molecule has 5 heteroatoms. The lowest BCUT2D eigenvalue weighted by Crippen LogP contribution is -2.27. The molecule has 104 valence electrons. The van der Waals surface area contributed by atoms with Gasteiger partial charge in [-0.2, -0.15) is 0 Å². The maximum absolute atomic E-state index is 4.72. The average Bonchev–Trinajstić information content (AvgIpc) is 2.82. The van der Waals surface area contributed by atoms with Gasteiger partial charge in [0.15, 0.2) is 5.13 Å². The molecular formula is C13H26N4S. The maximum atomic E-state index is 4.72. The minimum atomic E-state index is 0.329. The van der Waals surface area contributed by atoms with E-state index < -0.39 is 0 Å². The molecule has 0 aromatic carbocycles. The van der Waals surface area contributed by atoms with Gasteiger partial charge in [0.25, 0.3) is 0 Å². The van der Waals surface area contributed by atoms with Crippen molar-refractivity contribution in [3.63, 3.8) is 0 Å². The Morgan fingerprint density at radius 1 is 1.39 bits per heavy atom. The number of hydrogen-bond acceptors (Lipinski definition) is 5. The largest absolute Gasteiger partial charge is 0.348 e. The van der Waals surface area contributed by atoms with Crippen LogP contribution in [0.15, 0.2) is 5.38 Å². The van der Waals surface area contributed by atoms with Gasteiger partial charge in [0.1, 0.15) is 0 Å². The van der Waals surface area contributed by atoms with E-state index in [1.807, 2.05) is 7.05 Å². The van der Waals surface area contributed by atoms with Crippen LogP contribution in [0.1, 0.15) is 32.0 Å². The van der Waals surface area contributed by atoms with E-state index in [4.69, 9.17) is 4.98 Å². The zero-order valence-corrected chi connectivity index (χ0v) is 13.0. The molecule has 0 spiro atoms. The van der Waals surface area contributed by atoms with Crippen LogP contribution < -0.4 is 10.2 Å². The van der Waals surface area contributed by atoms with Gasteiger partial charge in [-0.15, -0.1) is 11.3 Å². The molecule has 0 amide bonds. The fourth-order valence-electron chi connectivity index (χ4n) is 1.74. The fraction of sp³-hybridized carbons (Fsp3) is 0.769. The Morgan fingerprint density at radius 3 is 2.67 bits per heavy atom. The normalized spacial score (nSPS) is 13.0. The monoisotopic (exact) mass is 270 g/mol. The molecule has 1 aromatic rings. The first-order chi connectivity index (χ1) is 8.58. The van der Waals surface area contributed by atoms with Crippen LogP contribution in [0.2, 0.25) is 0 Å². The zero-order chi connectivity index (χ0) is 13.5. The Hall–Kier alpha value is -0.650. The molecule has 1 atom stereocenters. The molecule has 0 saturated heterocycles. The average molecular weight is 270 g/mol. The number of nitrogens with one attached hydrogen (secondary N) is 1. The van der Waals surface area contributed by atoms with Crippen LogP contribution >= 0.6 is 11.3 Å². The van der Waals surface area contributed by atoms with E-state index in [2.05, 4.69) is 48.4 Å². The van der Waals surface area contributed by atoms with Crippen molar-refractivity contribution >= 4 is 16.5 Å². The summed E-state index contributed by atoms with van der Waals surface area (Å²) >= 11 is 1.75. The highest BCUT2D eigenvalue weighted by Gasteiger charge is 2.12. The van der Waals surface area contributed by atoms with Crippen LogP contribution in [0.3, 0.4) is 0 Å². The van der Waals surface area contributed by atoms with E-state index in [9.17, 15) is 0 Å². The predicted molar refractivity (Wildman–Crippen MR) is 80.6 cm³/mol. The summed E-state index contributed by atoms with van der Waals surface area (Å²) < 4.78 is 0. The van der Waals surface area contributed by atoms with Crippen LogP contribution in [-0.4, -0.2) is 50.7 Å². The van der Waals surface area contributed by atoms with Crippen LogP contribution in [0.5, 0.6) is 0 Å². The van der Waals surface area contributed by atoms with Crippen molar-refractivity contribution in [3.8, 4) is 0 Å². The molecule has 0 aliphatic rings. The molecular weight excluding hydrogens is 244 g/mol. The van der Waals surface area contributed by atoms with Gasteiger partial charge in [-0.1, -0.05) is 0 Å². The van der Waals surface area contributed by atoms with E-state index in [1.54, 1.807) is 11.3 Å². The Labute approximate surface area is 115 Å². The standard InChI is InChI=1S/C13H26N4S/c1-6-17(9-7-8-16(4)5)13-15-12(10-18-13)11(2)14-3/h10-11,14H,6-9H2,1-5H3. The SMILES string of the molecule is CCN(CCCN(C)C)c1nc(C(C)NC)cs1. The van der Waals surface area contributed by atoms with E-state index in [0.29, 0.717) is 6.04 Å². The first kappa shape index (κ1) is 15.4. The van der Waals surface area contributed by atoms with E-state index in [0.717, 1.165) is 30.5 Å². The van der Waals surface area contributed by atoms with Crippen LogP contribution in [-0.2, 0) is 0 Å². The fourth-order valence-corrected chi connectivity index (χ4v) is 2.75. The lowest BCUT2D eigenvalue weighted by molar-refractivity contribution is 0.400. The molecule has 0 bridgehead atoms. The first-order valence-corrected chi connectivity index (χ1v) is 7.48. The second-order valence-corrected chi connectivity index (χ2v) is 5.64. The van der Waals surface area contributed by atoms with Crippen molar-refractivity contribution in [1.82, 2.24) is 15.2 Å². The Kier molecular flexibility index (Phi) is 6.60. The summed E-state index contributed by atoms with van der Waals surface area (Å²) in [5, 5.41) is 6.53. The van der Waals surface area contributed by atoms with Crippen molar-refractivity contribution in [2.75, 3.05) is 45.7 Å². The summed E-state index contributed by atoms with van der Waals surface area (Å²) in [6, 6.07) is 0.329. The summed E-state index contributed by atoms with van der Waals surface area (Å²) in [6.07, 6.45) is 1.18. The Balaban J connectivity index is 2.56. The van der Waals surface area contributed by atoms with Crippen molar-refractivity contribution in [3.05, 3.63) is 11.1 Å². The minimum Gasteiger partial charge on any atom is -0.348 e. The van der Waals surface area contributed by atoms with E-state index >= 15 is 0 Å². The molecule has 0 saturated carbocycles. The molecule has 4 nitrogen and oxygen atoms in total. The van der Waals surface area contributed by atoms with Crippen molar-refractivity contribution in [2.24, 2.45) is 0 Å². The molecule has 1 unspecified atom stereocenters. The summed E-state index contributed by atoms with van der Waals surface area (Å²) in [6.45, 7) is 7.56. The van der Waals surface area contributed by atoms with Gasteiger partial charge in [-0.3, -0.25) is 0 Å². The molecule has 18 heavy (non-hydrogen) atoms. The van der Waals surface area contributed by atoms with Gasteiger partial charge in [0.05, 0.1) is 5.69 Å². The van der Waals surface area contributed by atoms with E-state index in [-0.39, 0.29) is 0 Å². The molecule has 0 aliphatic heterocycles. The van der Waals surface area contributed by atoms with Gasteiger partial charge in [-0.25, -0.2) is 4.98 Å². The quantitative estimate of drug-likeness (QED) is 0.785. The smallest absolute Gasteiger partial charge is 0.185 e. The van der Waals surface area contributed by atoms with Gasteiger partial charge < -0.3 is 15.1 Å². The predicted octanol–water partition coefficient (Wildman–Crippen LogP) is 2.20. The van der Waals surface area contributed by atoms with Crippen molar-refractivity contribution < 1.29 is 0 Å². The van der Waals surface area contributed by atoms with Gasteiger partial charge in [-0.05, 0) is 48.0 Å². The maximum Gasteiger partial charge on any atom is 0.185 e. The summed E-state index contributed by atoms with van der Waals surface area (Å²) in [5.74, 6) is 0. The topological polar surface area (TPSA) is 31.4 Å². The number of anilines is 1. The van der Waals surface area contributed by atoms with Crippen molar-refractivity contribution in [2.45, 2.75) is 26.3 Å². The number of thiazole rings is 1. The molecule has 0 aliphatic carbocycles. The highest BCUT2D eigenvalue weighted by atomic mass is 32.1. The zero-order valence-electron chi connectivity index (χ0n) is 12.2. The lowest BCUT2D eigenvalue weighted by Gasteiger charge is -2.20. The third-order valence-corrected chi connectivity index (χ3v) is 3.99. The number of aromatic nitrogens is 1.